The van der Waals surface area contributed by atoms with E-state index < -0.39 is 17.7 Å². The quantitative estimate of drug-likeness (QED) is 0.603. The number of nitrogens with two attached hydrogens (primary N) is 1. The van der Waals surface area contributed by atoms with Crippen LogP contribution in [0.25, 0.3) is 5.69 Å². The van der Waals surface area contributed by atoms with Crippen LogP contribution in [0.3, 0.4) is 0 Å². The fourth-order valence-corrected chi connectivity index (χ4v) is 4.30. The molecule has 4 rings (SSSR count). The first-order valence-electron chi connectivity index (χ1n) is 11.5. The Morgan fingerprint density at radius 3 is 2.56 bits per heavy atom. The Morgan fingerprint density at radius 2 is 1.88 bits per heavy atom. The Kier molecular flexibility index (Phi) is 6.43. The van der Waals surface area contributed by atoms with Crippen LogP contribution in [0.1, 0.15) is 50.3 Å². The first kappa shape index (κ1) is 23.5. The lowest BCUT2D eigenvalue weighted by Crippen LogP contribution is -2.51. The van der Waals surface area contributed by atoms with E-state index >= 15 is 0 Å². The topological polar surface area (TPSA) is 102 Å². The molecule has 34 heavy (non-hydrogen) atoms. The summed E-state index contributed by atoms with van der Waals surface area (Å²) < 4.78 is 7.12. The van der Waals surface area contributed by atoms with E-state index in [0.717, 1.165) is 28.2 Å². The standard InChI is InChI=1S/C26H31N5O3/c1-5-30-23-20(16-29-31(23)19-12-7-6-8-13-19)21(22(27)24(30)32)18-11-9-10-17(14-18)15-28-25(33)34-26(2,3)4/h6-14,16,21-22H,5,15,27H2,1-4H3,(H,28,33)/t21-,22+/m1/s1. The zero-order chi connectivity index (χ0) is 24.5. The maximum absolute atomic E-state index is 13.3. The van der Waals surface area contributed by atoms with E-state index in [-0.39, 0.29) is 11.8 Å². The number of carbonyl (C=O) groups excluding carboxylic acids is 2. The summed E-state index contributed by atoms with van der Waals surface area (Å²) in [7, 11) is 0. The highest BCUT2D eigenvalue weighted by molar-refractivity contribution is 6.01. The third kappa shape index (κ3) is 4.68. The molecule has 3 N–H and O–H groups in total. The van der Waals surface area contributed by atoms with Gasteiger partial charge in [0.25, 0.3) is 0 Å². The molecular weight excluding hydrogens is 430 g/mol. The van der Waals surface area contributed by atoms with E-state index in [9.17, 15) is 9.59 Å². The predicted octanol–water partition coefficient (Wildman–Crippen LogP) is 3.72. The average molecular weight is 462 g/mol. The van der Waals surface area contributed by atoms with E-state index in [0.29, 0.717) is 13.1 Å². The van der Waals surface area contributed by atoms with E-state index in [2.05, 4.69) is 10.4 Å². The minimum atomic E-state index is -0.741. The molecule has 0 bridgehead atoms. The summed E-state index contributed by atoms with van der Waals surface area (Å²) in [6, 6.07) is 16.8. The Bertz CT molecular complexity index is 1180. The number of aromatic nitrogens is 2. The lowest BCUT2D eigenvalue weighted by Gasteiger charge is -2.36. The van der Waals surface area contributed by atoms with Crippen molar-refractivity contribution in [1.82, 2.24) is 15.1 Å². The van der Waals surface area contributed by atoms with Crippen LogP contribution in [0.4, 0.5) is 10.6 Å². The SMILES string of the molecule is CCN1C(=O)[C@@H](N)[C@H](c2cccc(CNC(=O)OC(C)(C)C)c2)c2cnn(-c3ccccc3)c21. The van der Waals surface area contributed by atoms with Gasteiger partial charge in [-0.15, -0.1) is 0 Å². The second-order valence-electron chi connectivity index (χ2n) is 9.36. The molecule has 0 saturated heterocycles. The van der Waals surface area contributed by atoms with Crippen molar-refractivity contribution in [2.75, 3.05) is 11.4 Å². The Labute approximate surface area is 199 Å². The number of amides is 2. The lowest BCUT2D eigenvalue weighted by atomic mass is 9.82. The van der Waals surface area contributed by atoms with Crippen LogP contribution in [-0.4, -0.2) is 40.0 Å². The highest BCUT2D eigenvalue weighted by Gasteiger charge is 2.41. The second kappa shape index (κ2) is 9.30. The molecule has 8 nitrogen and oxygen atoms in total. The highest BCUT2D eigenvalue weighted by Crippen LogP contribution is 2.40. The van der Waals surface area contributed by atoms with Crippen molar-refractivity contribution in [1.29, 1.82) is 0 Å². The Balaban J connectivity index is 1.68. The van der Waals surface area contributed by atoms with Gasteiger partial charge in [0, 0.05) is 24.6 Å². The van der Waals surface area contributed by atoms with Crippen LogP contribution < -0.4 is 16.0 Å². The number of fused-ring (bicyclic) bond motifs is 1. The number of anilines is 1. The van der Waals surface area contributed by atoms with E-state index in [1.54, 1.807) is 15.8 Å². The number of carbonyl (C=O) groups is 2. The van der Waals surface area contributed by atoms with E-state index in [4.69, 9.17) is 10.5 Å². The van der Waals surface area contributed by atoms with Gasteiger partial charge in [0.2, 0.25) is 5.91 Å². The van der Waals surface area contributed by atoms with Gasteiger partial charge in [0.05, 0.1) is 17.9 Å². The Hall–Kier alpha value is -3.65. The van der Waals surface area contributed by atoms with Crippen molar-refractivity contribution < 1.29 is 14.3 Å². The van der Waals surface area contributed by atoms with Crippen molar-refractivity contribution in [2.24, 2.45) is 5.73 Å². The molecule has 0 unspecified atom stereocenters. The van der Waals surface area contributed by atoms with Gasteiger partial charge in [-0.25, -0.2) is 9.48 Å². The van der Waals surface area contributed by atoms with Gasteiger partial charge in [0.15, 0.2) is 0 Å². The molecule has 2 atom stereocenters. The molecule has 3 aromatic rings. The number of nitrogens with one attached hydrogen (secondary N) is 1. The van der Waals surface area contributed by atoms with Gasteiger partial charge in [-0.2, -0.15) is 5.10 Å². The van der Waals surface area contributed by atoms with Gasteiger partial charge in [0.1, 0.15) is 11.4 Å². The number of nitrogens with zero attached hydrogens (tertiary/aromatic N) is 3. The minimum Gasteiger partial charge on any atom is -0.444 e. The van der Waals surface area contributed by atoms with Crippen LogP contribution in [0.5, 0.6) is 0 Å². The van der Waals surface area contributed by atoms with Gasteiger partial charge in [-0.05, 0) is 51.0 Å². The minimum absolute atomic E-state index is 0.144. The molecule has 2 heterocycles. The number of hydrogen-bond donors (Lipinski definition) is 2. The van der Waals surface area contributed by atoms with Crippen LogP contribution in [-0.2, 0) is 16.1 Å². The number of benzene rings is 2. The summed E-state index contributed by atoms with van der Waals surface area (Å²) in [4.78, 5) is 27.1. The fraction of sp³-hybridized carbons (Fsp3) is 0.346. The molecule has 1 aromatic heterocycles. The monoisotopic (exact) mass is 461 g/mol. The van der Waals surface area contributed by atoms with E-state index in [1.165, 1.54) is 0 Å². The van der Waals surface area contributed by atoms with Crippen molar-refractivity contribution in [3.63, 3.8) is 0 Å². The molecular formula is C26H31N5O3. The largest absolute Gasteiger partial charge is 0.444 e. The molecule has 0 fully saturated rings. The van der Waals surface area contributed by atoms with E-state index in [1.807, 2.05) is 82.3 Å². The molecule has 8 heteroatoms. The smallest absolute Gasteiger partial charge is 0.407 e. The second-order valence-corrected chi connectivity index (χ2v) is 9.36. The lowest BCUT2D eigenvalue weighted by molar-refractivity contribution is -0.120. The number of hydrogen-bond acceptors (Lipinski definition) is 5. The fourth-order valence-electron chi connectivity index (χ4n) is 4.30. The molecule has 0 spiro atoms. The molecule has 1 aliphatic rings. The molecule has 0 saturated carbocycles. The van der Waals surface area contributed by atoms with Gasteiger partial charge in [-0.3, -0.25) is 9.69 Å². The number of rotatable bonds is 5. The van der Waals surface area contributed by atoms with Gasteiger partial charge >= 0.3 is 6.09 Å². The first-order chi connectivity index (χ1) is 16.2. The van der Waals surface area contributed by atoms with Crippen LogP contribution in [0, 0.1) is 0 Å². The summed E-state index contributed by atoms with van der Waals surface area (Å²) in [6.07, 6.45) is 1.32. The number of ether oxygens (including phenoxy) is 1. The first-order valence-corrected chi connectivity index (χ1v) is 11.5. The van der Waals surface area contributed by atoms with Crippen LogP contribution in [0.15, 0.2) is 60.8 Å². The molecule has 2 amide bonds. The van der Waals surface area contributed by atoms with Crippen molar-refractivity contribution in [3.05, 3.63) is 77.5 Å². The van der Waals surface area contributed by atoms with Crippen molar-refractivity contribution in [2.45, 2.75) is 51.8 Å². The maximum Gasteiger partial charge on any atom is 0.407 e. The van der Waals surface area contributed by atoms with Gasteiger partial charge < -0.3 is 15.8 Å². The molecule has 178 valence electrons. The molecule has 2 aromatic carbocycles. The maximum atomic E-state index is 13.3. The molecule has 1 aliphatic heterocycles. The number of para-hydroxylation sites is 1. The van der Waals surface area contributed by atoms with Crippen molar-refractivity contribution in [3.8, 4) is 5.69 Å². The zero-order valence-electron chi connectivity index (χ0n) is 20.0. The normalized spacial score (nSPS) is 17.9. The van der Waals surface area contributed by atoms with Crippen LogP contribution in [0.2, 0.25) is 0 Å². The Morgan fingerprint density at radius 1 is 1.15 bits per heavy atom. The van der Waals surface area contributed by atoms with Crippen LogP contribution >= 0.6 is 0 Å². The summed E-state index contributed by atoms with van der Waals surface area (Å²) in [6.45, 7) is 8.19. The number of alkyl carbamates (subject to hydrolysis) is 1. The zero-order valence-corrected chi connectivity index (χ0v) is 20.0. The highest BCUT2D eigenvalue weighted by atomic mass is 16.6. The molecule has 0 aliphatic carbocycles. The predicted molar refractivity (Wildman–Crippen MR) is 131 cm³/mol. The summed E-state index contributed by atoms with van der Waals surface area (Å²) in [5, 5.41) is 7.40. The van der Waals surface area contributed by atoms with Crippen molar-refractivity contribution >= 4 is 17.8 Å². The third-order valence-corrected chi connectivity index (χ3v) is 5.74. The summed E-state index contributed by atoms with van der Waals surface area (Å²) >= 11 is 0. The summed E-state index contributed by atoms with van der Waals surface area (Å²) in [5.41, 5.74) is 9.50. The summed E-state index contributed by atoms with van der Waals surface area (Å²) in [5.74, 6) is 0.238. The molecule has 0 radical (unpaired) electrons. The third-order valence-electron chi connectivity index (χ3n) is 5.74. The number of likely N-dealkylation sites (N-methyl/N-ethyl adjacent to an activating group) is 1. The average Bonchev–Trinajstić information content (AvgIpc) is 3.22. The van der Waals surface area contributed by atoms with Gasteiger partial charge in [-0.1, -0.05) is 42.5 Å².